The third-order valence-electron chi connectivity index (χ3n) is 3.49. The number of ether oxygens (including phenoxy) is 2. The molecule has 0 unspecified atom stereocenters. The van der Waals surface area contributed by atoms with Crippen molar-refractivity contribution in [3.05, 3.63) is 22.2 Å². The van der Waals surface area contributed by atoms with E-state index in [1.807, 2.05) is 12.1 Å². The molecule has 1 saturated carbocycles. The number of hydrogen-bond acceptors (Lipinski definition) is 3. The van der Waals surface area contributed by atoms with E-state index in [4.69, 9.17) is 9.47 Å². The van der Waals surface area contributed by atoms with Gasteiger partial charge in [0.1, 0.15) is 0 Å². The van der Waals surface area contributed by atoms with E-state index in [2.05, 4.69) is 21.2 Å². The van der Waals surface area contributed by atoms with Gasteiger partial charge in [-0.3, -0.25) is 0 Å². The van der Waals surface area contributed by atoms with Crippen LogP contribution < -0.4 is 14.8 Å². The molecule has 3 nitrogen and oxygen atoms in total. The Morgan fingerprint density at radius 3 is 2.39 bits per heavy atom. The van der Waals surface area contributed by atoms with Crippen LogP contribution >= 0.6 is 15.9 Å². The molecule has 1 aromatic rings. The van der Waals surface area contributed by atoms with Crippen molar-refractivity contribution < 1.29 is 9.47 Å². The highest BCUT2D eigenvalue weighted by Crippen LogP contribution is 2.33. The molecule has 18 heavy (non-hydrogen) atoms. The first-order valence-corrected chi connectivity index (χ1v) is 7.17. The highest BCUT2D eigenvalue weighted by molar-refractivity contribution is 9.10. The van der Waals surface area contributed by atoms with Gasteiger partial charge in [0.2, 0.25) is 0 Å². The lowest BCUT2D eigenvalue weighted by Gasteiger charge is -2.15. The minimum atomic E-state index is 0.671. The Morgan fingerprint density at radius 2 is 1.78 bits per heavy atom. The summed E-state index contributed by atoms with van der Waals surface area (Å²) in [5.74, 6) is 1.54. The normalized spacial score (nSPS) is 15.9. The maximum Gasteiger partial charge on any atom is 0.161 e. The number of methoxy groups -OCH3 is 2. The molecule has 0 atom stereocenters. The number of nitrogens with one attached hydrogen (secondary N) is 1. The third kappa shape index (κ3) is 3.18. The van der Waals surface area contributed by atoms with Crippen LogP contribution in [0.2, 0.25) is 0 Å². The lowest BCUT2D eigenvalue weighted by Crippen LogP contribution is -2.25. The van der Waals surface area contributed by atoms with Gasteiger partial charge < -0.3 is 14.8 Å². The van der Waals surface area contributed by atoms with E-state index in [1.54, 1.807) is 14.2 Å². The summed E-state index contributed by atoms with van der Waals surface area (Å²) in [6.07, 6.45) is 5.30. The van der Waals surface area contributed by atoms with Gasteiger partial charge in [-0.1, -0.05) is 28.8 Å². The number of hydrogen-bond donors (Lipinski definition) is 1. The lowest BCUT2D eigenvalue weighted by atomic mass is 10.1. The first kappa shape index (κ1) is 13.7. The van der Waals surface area contributed by atoms with Crippen LogP contribution in [0.5, 0.6) is 11.5 Å². The molecule has 0 aromatic heterocycles. The van der Waals surface area contributed by atoms with E-state index >= 15 is 0 Å². The first-order valence-electron chi connectivity index (χ1n) is 6.38. The Labute approximate surface area is 117 Å². The number of benzene rings is 1. The lowest BCUT2D eigenvalue weighted by molar-refractivity contribution is 0.354. The summed E-state index contributed by atoms with van der Waals surface area (Å²) in [7, 11) is 3.32. The zero-order valence-corrected chi connectivity index (χ0v) is 12.5. The number of halogens is 1. The average molecular weight is 314 g/mol. The van der Waals surface area contributed by atoms with E-state index in [9.17, 15) is 0 Å². The predicted molar refractivity (Wildman–Crippen MR) is 76.3 cm³/mol. The van der Waals surface area contributed by atoms with Crippen LogP contribution in [0.25, 0.3) is 0 Å². The standard InChI is InChI=1S/C14H20BrNO2/c1-17-13-7-10(12(15)8-14(13)18-2)9-16-11-5-3-4-6-11/h7-8,11,16H,3-6,9H2,1-2H3. The molecule has 4 heteroatoms. The van der Waals surface area contributed by atoms with Gasteiger partial charge in [0, 0.05) is 17.1 Å². The molecule has 0 spiro atoms. The van der Waals surface area contributed by atoms with Gasteiger partial charge in [0.25, 0.3) is 0 Å². The van der Waals surface area contributed by atoms with Crippen LogP contribution in [-0.4, -0.2) is 20.3 Å². The van der Waals surface area contributed by atoms with E-state index in [1.165, 1.54) is 31.2 Å². The van der Waals surface area contributed by atoms with Gasteiger partial charge in [-0.2, -0.15) is 0 Å². The Bertz CT molecular complexity index is 403. The minimum Gasteiger partial charge on any atom is -0.493 e. The molecule has 1 aliphatic rings. The molecule has 1 aromatic carbocycles. The molecular weight excluding hydrogens is 294 g/mol. The topological polar surface area (TPSA) is 30.5 Å². The van der Waals surface area contributed by atoms with Crippen molar-refractivity contribution in [1.82, 2.24) is 5.32 Å². The van der Waals surface area contributed by atoms with Crippen molar-refractivity contribution in [2.75, 3.05) is 14.2 Å². The highest BCUT2D eigenvalue weighted by atomic mass is 79.9. The van der Waals surface area contributed by atoms with Crippen LogP contribution in [0.1, 0.15) is 31.2 Å². The maximum atomic E-state index is 5.33. The fourth-order valence-corrected chi connectivity index (χ4v) is 2.88. The van der Waals surface area contributed by atoms with Crippen molar-refractivity contribution in [3.8, 4) is 11.5 Å². The Balaban J connectivity index is 2.06. The average Bonchev–Trinajstić information content (AvgIpc) is 2.90. The van der Waals surface area contributed by atoms with E-state index in [-0.39, 0.29) is 0 Å². The molecule has 2 rings (SSSR count). The summed E-state index contributed by atoms with van der Waals surface area (Å²) in [5.41, 5.74) is 1.21. The molecule has 0 radical (unpaired) electrons. The Hall–Kier alpha value is -0.740. The van der Waals surface area contributed by atoms with Crippen LogP contribution in [0.3, 0.4) is 0 Å². The quantitative estimate of drug-likeness (QED) is 0.902. The molecule has 0 saturated heterocycles. The molecule has 1 fully saturated rings. The molecule has 1 N–H and O–H groups in total. The summed E-state index contributed by atoms with van der Waals surface area (Å²) in [5, 5.41) is 3.60. The largest absolute Gasteiger partial charge is 0.493 e. The van der Waals surface area contributed by atoms with Crippen molar-refractivity contribution in [2.24, 2.45) is 0 Å². The van der Waals surface area contributed by atoms with E-state index < -0.39 is 0 Å². The second kappa shape index (κ2) is 6.43. The van der Waals surface area contributed by atoms with Gasteiger partial charge in [-0.25, -0.2) is 0 Å². The molecular formula is C14H20BrNO2. The zero-order chi connectivity index (χ0) is 13.0. The van der Waals surface area contributed by atoms with Gasteiger partial charge in [0.05, 0.1) is 14.2 Å². The maximum absolute atomic E-state index is 5.33. The van der Waals surface area contributed by atoms with Gasteiger partial charge >= 0.3 is 0 Å². The minimum absolute atomic E-state index is 0.671. The summed E-state index contributed by atoms with van der Waals surface area (Å²) < 4.78 is 11.7. The number of rotatable bonds is 5. The zero-order valence-electron chi connectivity index (χ0n) is 11.0. The van der Waals surface area contributed by atoms with Crippen LogP contribution in [0, 0.1) is 0 Å². The van der Waals surface area contributed by atoms with Crippen LogP contribution in [-0.2, 0) is 6.54 Å². The molecule has 0 amide bonds. The van der Waals surface area contributed by atoms with Crippen molar-refractivity contribution in [3.63, 3.8) is 0 Å². The van der Waals surface area contributed by atoms with E-state index in [0.717, 1.165) is 22.5 Å². The SMILES string of the molecule is COc1cc(Br)c(CNC2CCCC2)cc1OC. The van der Waals surface area contributed by atoms with Gasteiger partial charge in [-0.15, -0.1) is 0 Å². The second-order valence-corrected chi connectivity index (χ2v) is 5.52. The molecule has 100 valence electrons. The van der Waals surface area contributed by atoms with Gasteiger partial charge in [0.15, 0.2) is 11.5 Å². The Morgan fingerprint density at radius 1 is 1.17 bits per heavy atom. The first-order chi connectivity index (χ1) is 8.74. The fourth-order valence-electron chi connectivity index (χ4n) is 2.42. The smallest absolute Gasteiger partial charge is 0.161 e. The predicted octanol–water partition coefficient (Wildman–Crippen LogP) is 3.50. The van der Waals surface area contributed by atoms with Crippen LogP contribution in [0.4, 0.5) is 0 Å². The summed E-state index contributed by atoms with van der Waals surface area (Å²) in [4.78, 5) is 0. The summed E-state index contributed by atoms with van der Waals surface area (Å²) in [6, 6.07) is 4.67. The van der Waals surface area contributed by atoms with Crippen molar-refractivity contribution in [2.45, 2.75) is 38.3 Å². The van der Waals surface area contributed by atoms with E-state index in [0.29, 0.717) is 6.04 Å². The molecule has 1 aliphatic carbocycles. The van der Waals surface area contributed by atoms with Gasteiger partial charge in [-0.05, 0) is 30.5 Å². The Kier molecular flexibility index (Phi) is 4.89. The fraction of sp³-hybridized carbons (Fsp3) is 0.571. The molecule has 0 aliphatic heterocycles. The molecule has 0 bridgehead atoms. The summed E-state index contributed by atoms with van der Waals surface area (Å²) in [6.45, 7) is 0.867. The third-order valence-corrected chi connectivity index (χ3v) is 4.23. The molecule has 0 heterocycles. The van der Waals surface area contributed by atoms with Crippen LogP contribution in [0.15, 0.2) is 16.6 Å². The highest BCUT2D eigenvalue weighted by Gasteiger charge is 2.15. The monoisotopic (exact) mass is 313 g/mol. The second-order valence-electron chi connectivity index (χ2n) is 4.66. The summed E-state index contributed by atoms with van der Waals surface area (Å²) >= 11 is 3.59. The van der Waals surface area contributed by atoms with Crippen molar-refractivity contribution >= 4 is 15.9 Å². The van der Waals surface area contributed by atoms with Crippen molar-refractivity contribution in [1.29, 1.82) is 0 Å².